The molecule has 76 valence electrons. The zero-order valence-electron chi connectivity index (χ0n) is 8.80. The van der Waals surface area contributed by atoms with E-state index in [0.29, 0.717) is 5.56 Å². The molecular formula is C10H11NaO3S. The largest absolute Gasteiger partial charge is 1.00 e. The van der Waals surface area contributed by atoms with Crippen LogP contribution in [0.5, 0.6) is 0 Å². The van der Waals surface area contributed by atoms with Crippen LogP contribution in [0.25, 0.3) is 0 Å². The summed E-state index contributed by atoms with van der Waals surface area (Å²) in [6, 6.07) is 8.75. The molecule has 2 unspecified atom stereocenters. The smallest absolute Gasteiger partial charge is 0.772 e. The summed E-state index contributed by atoms with van der Waals surface area (Å²) in [5.74, 6) is -0.122. The molecule has 0 aromatic heterocycles. The Labute approximate surface area is 114 Å². The SMILES string of the molecule is CC(=O)CC(c1ccccc1)S(=O)[O-].[Na+]. The van der Waals surface area contributed by atoms with E-state index >= 15 is 0 Å². The minimum Gasteiger partial charge on any atom is -0.772 e. The number of carbonyl (C=O) groups excluding carboxylic acids is 1. The summed E-state index contributed by atoms with van der Waals surface area (Å²) >= 11 is -2.25. The van der Waals surface area contributed by atoms with Gasteiger partial charge in [0.25, 0.3) is 0 Å². The topological polar surface area (TPSA) is 57.2 Å². The van der Waals surface area contributed by atoms with Gasteiger partial charge in [0.15, 0.2) is 0 Å². The number of ketones is 1. The Bertz CT molecular complexity index is 340. The molecule has 2 atom stereocenters. The molecule has 0 heterocycles. The number of hydrogen-bond acceptors (Lipinski definition) is 3. The third-order valence-electron chi connectivity index (χ3n) is 1.88. The molecule has 0 aliphatic rings. The van der Waals surface area contributed by atoms with Crippen LogP contribution in [0, 0.1) is 0 Å². The average molecular weight is 234 g/mol. The van der Waals surface area contributed by atoms with Gasteiger partial charge in [0.2, 0.25) is 0 Å². The van der Waals surface area contributed by atoms with Gasteiger partial charge in [-0.25, -0.2) is 0 Å². The molecule has 0 spiro atoms. The number of benzene rings is 1. The molecular weight excluding hydrogens is 223 g/mol. The van der Waals surface area contributed by atoms with E-state index in [1.807, 2.05) is 6.07 Å². The quantitative estimate of drug-likeness (QED) is 0.475. The maximum absolute atomic E-state index is 10.9. The minimum absolute atomic E-state index is 0. The van der Waals surface area contributed by atoms with Crippen molar-refractivity contribution in [1.29, 1.82) is 0 Å². The Morgan fingerprint density at radius 3 is 2.33 bits per heavy atom. The van der Waals surface area contributed by atoms with Crippen molar-refractivity contribution >= 4 is 16.9 Å². The van der Waals surface area contributed by atoms with Crippen LogP contribution in [-0.4, -0.2) is 14.5 Å². The minimum atomic E-state index is -2.25. The van der Waals surface area contributed by atoms with Crippen molar-refractivity contribution in [1.82, 2.24) is 0 Å². The van der Waals surface area contributed by atoms with Gasteiger partial charge in [-0.2, -0.15) is 0 Å². The van der Waals surface area contributed by atoms with E-state index in [4.69, 9.17) is 0 Å². The summed E-state index contributed by atoms with van der Waals surface area (Å²) in [7, 11) is 0. The van der Waals surface area contributed by atoms with E-state index in [2.05, 4.69) is 0 Å². The molecule has 0 amide bonds. The first-order chi connectivity index (χ1) is 6.61. The Morgan fingerprint density at radius 1 is 1.40 bits per heavy atom. The Balaban J connectivity index is 0.00000196. The van der Waals surface area contributed by atoms with Crippen molar-refractivity contribution in [2.75, 3.05) is 0 Å². The third-order valence-corrected chi connectivity index (χ3v) is 2.78. The van der Waals surface area contributed by atoms with Gasteiger partial charge in [-0.15, -0.1) is 0 Å². The fourth-order valence-corrected chi connectivity index (χ4v) is 1.98. The van der Waals surface area contributed by atoms with Crippen LogP contribution in [0.1, 0.15) is 24.2 Å². The monoisotopic (exact) mass is 234 g/mol. The van der Waals surface area contributed by atoms with Crippen LogP contribution in [0.2, 0.25) is 0 Å². The van der Waals surface area contributed by atoms with Gasteiger partial charge in [0.1, 0.15) is 5.78 Å². The van der Waals surface area contributed by atoms with E-state index in [1.54, 1.807) is 24.3 Å². The fourth-order valence-electron chi connectivity index (χ4n) is 1.23. The number of carbonyl (C=O) groups is 1. The molecule has 1 aromatic rings. The first-order valence-electron chi connectivity index (χ1n) is 4.23. The summed E-state index contributed by atoms with van der Waals surface area (Å²) in [6.07, 6.45) is 0.0418. The second-order valence-corrected chi connectivity index (χ2v) is 4.16. The standard InChI is InChI=1S/C10H12O3S.Na/c1-8(11)7-10(14(12)13)9-5-3-2-4-6-9;/h2-6,10H,7H2,1H3,(H,12,13);/q;+1/p-1. The summed E-state index contributed by atoms with van der Waals surface area (Å²) < 4.78 is 21.8. The van der Waals surface area contributed by atoms with Crippen molar-refractivity contribution in [2.45, 2.75) is 18.6 Å². The van der Waals surface area contributed by atoms with Gasteiger partial charge in [0.05, 0.1) is 5.25 Å². The molecule has 1 aromatic carbocycles. The maximum atomic E-state index is 10.9. The molecule has 0 bridgehead atoms. The third kappa shape index (κ3) is 5.04. The number of hydrogen-bond donors (Lipinski definition) is 0. The summed E-state index contributed by atoms with van der Waals surface area (Å²) in [5, 5.41) is -0.714. The van der Waals surface area contributed by atoms with Crippen LogP contribution >= 0.6 is 0 Å². The molecule has 0 aliphatic carbocycles. The molecule has 1 rings (SSSR count). The number of Topliss-reactive ketones (excluding diaryl/α,β-unsaturated/α-hetero) is 1. The van der Waals surface area contributed by atoms with E-state index < -0.39 is 16.3 Å². The molecule has 3 nitrogen and oxygen atoms in total. The van der Waals surface area contributed by atoms with Gasteiger partial charge in [-0.1, -0.05) is 30.3 Å². The van der Waals surface area contributed by atoms with Crippen LogP contribution in [0.15, 0.2) is 30.3 Å². The zero-order chi connectivity index (χ0) is 10.6. The Hall–Kier alpha value is -0.000000000000000222. The van der Waals surface area contributed by atoms with E-state index in [9.17, 15) is 13.6 Å². The molecule has 0 N–H and O–H groups in total. The van der Waals surface area contributed by atoms with Crippen molar-refractivity contribution in [3.8, 4) is 0 Å². The zero-order valence-corrected chi connectivity index (χ0v) is 11.6. The van der Waals surface area contributed by atoms with Gasteiger partial charge < -0.3 is 4.55 Å². The van der Waals surface area contributed by atoms with Crippen molar-refractivity contribution in [2.24, 2.45) is 0 Å². The fraction of sp³-hybridized carbons (Fsp3) is 0.300. The van der Waals surface area contributed by atoms with Crippen molar-refractivity contribution in [3.05, 3.63) is 35.9 Å². The second kappa shape index (κ2) is 7.30. The molecule has 0 aliphatic heterocycles. The Kier molecular flexibility index (Phi) is 7.30. The van der Waals surface area contributed by atoms with Gasteiger partial charge in [-0.3, -0.25) is 9.00 Å². The predicted molar refractivity (Wildman–Crippen MR) is 53.4 cm³/mol. The van der Waals surface area contributed by atoms with Crippen LogP contribution in [0.3, 0.4) is 0 Å². The summed E-state index contributed by atoms with van der Waals surface area (Å²) in [5.41, 5.74) is 0.663. The summed E-state index contributed by atoms with van der Waals surface area (Å²) in [6.45, 7) is 1.39. The van der Waals surface area contributed by atoms with Crippen LogP contribution in [-0.2, 0) is 15.9 Å². The predicted octanol–water partition coefficient (Wildman–Crippen LogP) is -1.41. The number of rotatable bonds is 4. The Morgan fingerprint density at radius 2 is 1.93 bits per heavy atom. The van der Waals surface area contributed by atoms with Gasteiger partial charge in [-0.05, 0) is 23.6 Å². The first-order valence-corrected chi connectivity index (χ1v) is 5.37. The average Bonchev–Trinajstić information content (AvgIpc) is 2.15. The van der Waals surface area contributed by atoms with Crippen molar-refractivity contribution < 1.29 is 43.1 Å². The van der Waals surface area contributed by atoms with Crippen LogP contribution in [0.4, 0.5) is 0 Å². The second-order valence-electron chi connectivity index (χ2n) is 3.07. The molecule has 15 heavy (non-hydrogen) atoms. The van der Waals surface area contributed by atoms with Gasteiger partial charge in [0, 0.05) is 6.42 Å². The van der Waals surface area contributed by atoms with Crippen LogP contribution < -0.4 is 29.6 Å². The summed E-state index contributed by atoms with van der Waals surface area (Å²) in [4.78, 5) is 10.9. The van der Waals surface area contributed by atoms with Gasteiger partial charge >= 0.3 is 29.6 Å². The van der Waals surface area contributed by atoms with E-state index in [-0.39, 0.29) is 41.8 Å². The van der Waals surface area contributed by atoms with E-state index in [1.165, 1.54) is 6.92 Å². The molecule has 0 fully saturated rings. The molecule has 5 heteroatoms. The normalized spacial score (nSPS) is 13.7. The van der Waals surface area contributed by atoms with Crippen molar-refractivity contribution in [3.63, 3.8) is 0 Å². The molecule has 0 radical (unpaired) electrons. The first kappa shape index (κ1) is 15.0. The molecule has 0 saturated carbocycles. The van der Waals surface area contributed by atoms with E-state index in [0.717, 1.165) is 0 Å². The molecule has 0 saturated heterocycles. The maximum Gasteiger partial charge on any atom is 1.00 e.